The van der Waals surface area contributed by atoms with Crippen molar-refractivity contribution in [3.63, 3.8) is 0 Å². The van der Waals surface area contributed by atoms with E-state index in [1.807, 2.05) is 0 Å². The summed E-state index contributed by atoms with van der Waals surface area (Å²) in [6.45, 7) is 1.50. The fourth-order valence-corrected chi connectivity index (χ4v) is 5.36. The second-order valence-electron chi connectivity index (χ2n) is 9.47. The molecule has 42 heavy (non-hydrogen) atoms. The number of fused-ring (bicyclic) bond motifs is 2. The topological polar surface area (TPSA) is 130 Å². The molecule has 0 fully saturated rings. The molecule has 6 aromatic rings. The number of halogens is 2. The van der Waals surface area contributed by atoms with Crippen LogP contribution in [0.15, 0.2) is 77.5 Å². The quantitative estimate of drug-likeness (QED) is 0.207. The Bertz CT molecular complexity index is 2100. The van der Waals surface area contributed by atoms with Gasteiger partial charge in [0.2, 0.25) is 10.0 Å². The van der Waals surface area contributed by atoms with Crippen molar-refractivity contribution in [3.05, 3.63) is 90.3 Å². The number of hydrogen-bond acceptors (Lipinski definition) is 6. The van der Waals surface area contributed by atoms with Gasteiger partial charge in [0.1, 0.15) is 28.7 Å². The van der Waals surface area contributed by atoms with Gasteiger partial charge >= 0.3 is 0 Å². The molecule has 6 rings (SSSR count). The summed E-state index contributed by atoms with van der Waals surface area (Å²) in [6.07, 6.45) is 2.96. The average Bonchev–Trinajstić information content (AvgIpc) is 3.59. The highest BCUT2D eigenvalue weighted by Crippen LogP contribution is 2.40. The number of anilines is 1. The summed E-state index contributed by atoms with van der Waals surface area (Å²) in [6, 6.07) is 14.9. The lowest BCUT2D eigenvalue weighted by Gasteiger charge is -2.12. The minimum Gasteiger partial charge on any atom is -0.455 e. The van der Waals surface area contributed by atoms with Gasteiger partial charge in [0.25, 0.3) is 5.91 Å². The summed E-state index contributed by atoms with van der Waals surface area (Å²) in [7, 11) is -2.28. The minimum absolute atomic E-state index is 0.154. The van der Waals surface area contributed by atoms with Crippen LogP contribution < -0.4 is 10.0 Å². The number of furan rings is 1. The van der Waals surface area contributed by atoms with Gasteiger partial charge < -0.3 is 14.7 Å². The molecule has 0 aliphatic heterocycles. The molecule has 12 heteroatoms. The van der Waals surface area contributed by atoms with Crippen LogP contribution in [-0.2, 0) is 10.0 Å². The summed E-state index contributed by atoms with van der Waals surface area (Å²) in [5.74, 6) is -1.31. The van der Waals surface area contributed by atoms with Gasteiger partial charge in [-0.05, 0) is 55.5 Å². The Kier molecular flexibility index (Phi) is 6.70. The van der Waals surface area contributed by atoms with Crippen molar-refractivity contribution < 1.29 is 26.4 Å². The van der Waals surface area contributed by atoms with Gasteiger partial charge in [-0.2, -0.15) is 0 Å². The second kappa shape index (κ2) is 10.4. The van der Waals surface area contributed by atoms with Crippen LogP contribution in [0, 0.1) is 11.6 Å². The van der Waals surface area contributed by atoms with E-state index in [1.54, 1.807) is 24.3 Å². The van der Waals surface area contributed by atoms with Gasteiger partial charge in [-0.1, -0.05) is 6.07 Å². The van der Waals surface area contributed by atoms with E-state index in [4.69, 9.17) is 9.40 Å². The lowest BCUT2D eigenvalue weighted by molar-refractivity contribution is 0.0964. The summed E-state index contributed by atoms with van der Waals surface area (Å²) in [5, 5.41) is 3.37. The van der Waals surface area contributed by atoms with Crippen molar-refractivity contribution in [2.45, 2.75) is 6.92 Å². The largest absolute Gasteiger partial charge is 0.455 e. The molecule has 0 spiro atoms. The van der Waals surface area contributed by atoms with Crippen LogP contribution in [0.4, 0.5) is 14.5 Å². The van der Waals surface area contributed by atoms with Crippen molar-refractivity contribution in [2.24, 2.45) is 0 Å². The number of nitrogens with one attached hydrogen (secondary N) is 3. The Morgan fingerprint density at radius 2 is 1.76 bits per heavy atom. The maximum Gasteiger partial charge on any atom is 0.255 e. The number of sulfonamides is 1. The number of nitrogens with zero attached hydrogens (tertiary/aromatic N) is 2. The predicted octanol–water partition coefficient (Wildman–Crippen LogP) is 6.10. The Morgan fingerprint density at radius 3 is 2.48 bits per heavy atom. The standard InChI is InChI=1S/C30H23F2N5O4S/c1-3-42(39,40)37-23-13-27-20(28(30(38)33-2)29(41-27)16-7-9-17(31)10-8-16)11-19(23)25-14-34-15-26(36-25)24-12-18-21(32)5-4-6-22(18)35-24/h4-15,35,37H,3H2,1-2H3,(H,33,38). The third kappa shape index (κ3) is 4.85. The zero-order valence-corrected chi connectivity index (χ0v) is 23.1. The van der Waals surface area contributed by atoms with Crippen molar-refractivity contribution in [3.8, 4) is 34.0 Å². The molecule has 0 saturated heterocycles. The van der Waals surface area contributed by atoms with Crippen LogP contribution in [0.5, 0.6) is 0 Å². The molecule has 0 aliphatic carbocycles. The third-order valence-corrected chi connectivity index (χ3v) is 8.12. The maximum absolute atomic E-state index is 14.3. The van der Waals surface area contributed by atoms with E-state index in [-0.39, 0.29) is 39.9 Å². The van der Waals surface area contributed by atoms with Crippen LogP contribution in [0.2, 0.25) is 0 Å². The van der Waals surface area contributed by atoms with E-state index in [0.717, 1.165) is 0 Å². The van der Waals surface area contributed by atoms with Crippen molar-refractivity contribution >= 4 is 43.5 Å². The summed E-state index contributed by atoms with van der Waals surface area (Å²) < 4.78 is 62.0. The monoisotopic (exact) mass is 587 g/mol. The number of carbonyl (C=O) groups excluding carboxylic acids is 1. The zero-order valence-electron chi connectivity index (χ0n) is 22.3. The van der Waals surface area contributed by atoms with E-state index in [0.29, 0.717) is 38.8 Å². The molecule has 0 radical (unpaired) electrons. The molecule has 0 unspecified atom stereocenters. The van der Waals surface area contributed by atoms with E-state index >= 15 is 0 Å². The van der Waals surface area contributed by atoms with E-state index in [2.05, 4.69) is 20.0 Å². The molecule has 212 valence electrons. The number of aromatic nitrogens is 3. The Labute approximate surface area is 238 Å². The van der Waals surface area contributed by atoms with Gasteiger partial charge in [0, 0.05) is 40.5 Å². The van der Waals surface area contributed by atoms with E-state index < -0.39 is 21.7 Å². The first kappa shape index (κ1) is 27.1. The van der Waals surface area contributed by atoms with Crippen LogP contribution in [-0.4, -0.2) is 42.1 Å². The summed E-state index contributed by atoms with van der Waals surface area (Å²) in [5.41, 5.74) is 3.10. The number of carbonyl (C=O) groups is 1. The molecule has 0 aliphatic rings. The highest BCUT2D eigenvalue weighted by atomic mass is 32.2. The first-order chi connectivity index (χ1) is 20.2. The zero-order chi connectivity index (χ0) is 29.6. The first-order valence-electron chi connectivity index (χ1n) is 12.9. The van der Waals surface area contributed by atoms with Crippen molar-refractivity contribution in [1.82, 2.24) is 20.3 Å². The Balaban J connectivity index is 1.58. The number of aromatic amines is 1. The molecule has 0 bridgehead atoms. The number of hydrogen-bond donors (Lipinski definition) is 3. The molecular weight excluding hydrogens is 564 g/mol. The highest BCUT2D eigenvalue weighted by molar-refractivity contribution is 7.92. The van der Waals surface area contributed by atoms with Crippen molar-refractivity contribution in [2.75, 3.05) is 17.5 Å². The summed E-state index contributed by atoms with van der Waals surface area (Å²) in [4.78, 5) is 25.2. The van der Waals surface area contributed by atoms with E-state index in [1.165, 1.54) is 62.8 Å². The molecule has 0 saturated carbocycles. The average molecular weight is 588 g/mol. The molecule has 3 N–H and O–H groups in total. The lowest BCUT2D eigenvalue weighted by atomic mass is 10.0. The third-order valence-electron chi connectivity index (χ3n) is 6.83. The van der Waals surface area contributed by atoms with Gasteiger partial charge in [-0.15, -0.1) is 0 Å². The smallest absolute Gasteiger partial charge is 0.255 e. The Morgan fingerprint density at radius 1 is 1.00 bits per heavy atom. The van der Waals surface area contributed by atoms with Gasteiger partial charge in [0.15, 0.2) is 0 Å². The molecule has 3 aromatic carbocycles. The number of benzene rings is 3. The maximum atomic E-state index is 14.3. The molecular formula is C30H23F2N5O4S. The summed E-state index contributed by atoms with van der Waals surface area (Å²) >= 11 is 0. The number of rotatable bonds is 7. The molecule has 0 atom stereocenters. The SMILES string of the molecule is CCS(=O)(=O)Nc1cc2oc(-c3ccc(F)cc3)c(C(=O)NC)c2cc1-c1cncc(-c2cc3c(F)cccc3[nH]2)n1. The first-order valence-corrected chi connectivity index (χ1v) is 14.5. The second-order valence-corrected chi connectivity index (χ2v) is 11.5. The molecule has 3 heterocycles. The fourth-order valence-electron chi connectivity index (χ4n) is 4.72. The highest BCUT2D eigenvalue weighted by Gasteiger charge is 2.25. The molecule has 3 aromatic heterocycles. The molecule has 9 nitrogen and oxygen atoms in total. The number of H-pyrrole nitrogens is 1. The van der Waals surface area contributed by atoms with Gasteiger partial charge in [0.05, 0.1) is 40.8 Å². The lowest BCUT2D eigenvalue weighted by Crippen LogP contribution is -2.18. The van der Waals surface area contributed by atoms with Gasteiger partial charge in [-0.3, -0.25) is 14.5 Å². The fraction of sp³-hybridized carbons (Fsp3) is 0.100. The van der Waals surface area contributed by atoms with Crippen LogP contribution in [0.3, 0.4) is 0 Å². The predicted molar refractivity (Wildman–Crippen MR) is 156 cm³/mol. The van der Waals surface area contributed by atoms with Crippen molar-refractivity contribution in [1.29, 1.82) is 0 Å². The Hall–Kier alpha value is -5.10. The number of amides is 1. The van der Waals surface area contributed by atoms with E-state index in [9.17, 15) is 22.0 Å². The molecule has 1 amide bonds. The minimum atomic E-state index is -3.75. The van der Waals surface area contributed by atoms with Crippen LogP contribution in [0.1, 0.15) is 17.3 Å². The van der Waals surface area contributed by atoms with Crippen LogP contribution >= 0.6 is 0 Å². The van der Waals surface area contributed by atoms with Gasteiger partial charge in [-0.25, -0.2) is 22.2 Å². The van der Waals surface area contributed by atoms with Crippen LogP contribution in [0.25, 0.3) is 55.8 Å². The normalized spacial score (nSPS) is 11.7.